The lowest BCUT2D eigenvalue weighted by Gasteiger charge is -2.22. The third-order valence-corrected chi connectivity index (χ3v) is 5.14. The van der Waals surface area contributed by atoms with Gasteiger partial charge in [-0.2, -0.15) is 0 Å². The minimum absolute atomic E-state index is 0.340. The van der Waals surface area contributed by atoms with Gasteiger partial charge in [0.1, 0.15) is 0 Å². The van der Waals surface area contributed by atoms with Gasteiger partial charge in [0.2, 0.25) is 0 Å². The molecule has 0 aliphatic carbocycles. The van der Waals surface area contributed by atoms with Crippen LogP contribution in [0.3, 0.4) is 0 Å². The molecule has 0 saturated heterocycles. The SMILES string of the molecule is CS(=O)(=O)c1ccc(CN(Cc2cccnc2)Cc2cccnc2)cc1. The van der Waals surface area contributed by atoms with Gasteiger partial charge in [-0.15, -0.1) is 0 Å². The first kappa shape index (κ1) is 18.2. The maximum absolute atomic E-state index is 11.6. The topological polar surface area (TPSA) is 63.2 Å². The Kier molecular flexibility index (Phi) is 5.75. The molecule has 26 heavy (non-hydrogen) atoms. The van der Waals surface area contributed by atoms with Gasteiger partial charge in [-0.3, -0.25) is 14.9 Å². The Morgan fingerprint density at radius 3 is 1.69 bits per heavy atom. The van der Waals surface area contributed by atoms with Crippen LogP contribution in [0.1, 0.15) is 16.7 Å². The number of nitrogens with zero attached hydrogens (tertiary/aromatic N) is 3. The molecule has 2 aromatic heterocycles. The summed E-state index contributed by atoms with van der Waals surface area (Å²) >= 11 is 0. The zero-order valence-corrected chi connectivity index (χ0v) is 15.4. The molecule has 0 amide bonds. The average molecular weight is 367 g/mol. The summed E-state index contributed by atoms with van der Waals surface area (Å²) < 4.78 is 23.2. The van der Waals surface area contributed by atoms with Crippen LogP contribution in [0, 0.1) is 0 Å². The largest absolute Gasteiger partial charge is 0.290 e. The number of benzene rings is 1. The van der Waals surface area contributed by atoms with E-state index in [-0.39, 0.29) is 0 Å². The normalized spacial score (nSPS) is 11.6. The van der Waals surface area contributed by atoms with E-state index < -0.39 is 9.84 Å². The van der Waals surface area contributed by atoms with E-state index in [2.05, 4.69) is 27.0 Å². The summed E-state index contributed by atoms with van der Waals surface area (Å²) in [6, 6.07) is 15.0. The highest BCUT2D eigenvalue weighted by Crippen LogP contribution is 2.16. The van der Waals surface area contributed by atoms with Crippen molar-refractivity contribution < 1.29 is 8.42 Å². The number of hydrogen-bond donors (Lipinski definition) is 0. The molecular formula is C20H21N3O2S. The highest BCUT2D eigenvalue weighted by Gasteiger charge is 2.11. The van der Waals surface area contributed by atoms with Gasteiger partial charge in [0.15, 0.2) is 9.84 Å². The van der Waals surface area contributed by atoms with Crippen LogP contribution in [0.5, 0.6) is 0 Å². The summed E-state index contributed by atoms with van der Waals surface area (Å²) in [5, 5.41) is 0. The van der Waals surface area contributed by atoms with Gasteiger partial charge in [0.25, 0.3) is 0 Å². The lowest BCUT2D eigenvalue weighted by atomic mass is 10.1. The van der Waals surface area contributed by atoms with Crippen LogP contribution in [0.2, 0.25) is 0 Å². The van der Waals surface area contributed by atoms with E-state index >= 15 is 0 Å². The molecule has 0 atom stereocenters. The summed E-state index contributed by atoms with van der Waals surface area (Å²) in [5.74, 6) is 0. The van der Waals surface area contributed by atoms with Crippen LogP contribution in [-0.4, -0.2) is 29.5 Å². The fraction of sp³-hybridized carbons (Fsp3) is 0.200. The van der Waals surface area contributed by atoms with Crippen molar-refractivity contribution in [1.82, 2.24) is 14.9 Å². The standard InChI is InChI=1S/C20H21N3O2S/c1-26(24,25)20-8-6-17(7-9-20)14-23(15-18-4-2-10-21-12-18)16-19-5-3-11-22-13-19/h2-13H,14-16H2,1H3. The predicted octanol–water partition coefficient (Wildman–Crippen LogP) is 3.08. The molecule has 0 radical (unpaired) electrons. The first-order chi connectivity index (χ1) is 12.5. The zero-order chi connectivity index (χ0) is 18.4. The van der Waals surface area contributed by atoms with E-state index in [1.807, 2.05) is 36.7 Å². The summed E-state index contributed by atoms with van der Waals surface area (Å²) in [5.41, 5.74) is 3.32. The van der Waals surface area contributed by atoms with Crippen LogP contribution < -0.4 is 0 Å². The van der Waals surface area contributed by atoms with E-state index in [4.69, 9.17) is 0 Å². The molecule has 0 N–H and O–H groups in total. The maximum Gasteiger partial charge on any atom is 0.175 e. The number of aromatic nitrogens is 2. The van der Waals surface area contributed by atoms with Crippen LogP contribution >= 0.6 is 0 Å². The molecule has 0 aliphatic heterocycles. The van der Waals surface area contributed by atoms with Crippen molar-refractivity contribution in [1.29, 1.82) is 0 Å². The first-order valence-electron chi connectivity index (χ1n) is 8.30. The highest BCUT2D eigenvalue weighted by atomic mass is 32.2. The van der Waals surface area contributed by atoms with Crippen molar-refractivity contribution in [2.75, 3.05) is 6.26 Å². The Labute approximate surface area is 154 Å². The van der Waals surface area contributed by atoms with Gasteiger partial charge in [-0.05, 0) is 41.0 Å². The van der Waals surface area contributed by atoms with Crippen molar-refractivity contribution in [2.24, 2.45) is 0 Å². The lowest BCUT2D eigenvalue weighted by molar-refractivity contribution is 0.247. The fourth-order valence-electron chi connectivity index (χ4n) is 2.77. The number of rotatable bonds is 7. The monoisotopic (exact) mass is 367 g/mol. The third kappa shape index (κ3) is 5.21. The molecule has 0 aliphatic rings. The third-order valence-electron chi connectivity index (χ3n) is 4.02. The lowest BCUT2D eigenvalue weighted by Crippen LogP contribution is -2.22. The molecule has 3 rings (SSSR count). The van der Waals surface area contributed by atoms with Crippen LogP contribution in [0.4, 0.5) is 0 Å². The number of pyridine rings is 2. The fourth-order valence-corrected chi connectivity index (χ4v) is 3.40. The summed E-state index contributed by atoms with van der Waals surface area (Å²) in [6.45, 7) is 2.20. The van der Waals surface area contributed by atoms with Crippen LogP contribution in [-0.2, 0) is 29.5 Å². The van der Waals surface area contributed by atoms with Crippen molar-refractivity contribution in [3.05, 3.63) is 90.0 Å². The van der Waals surface area contributed by atoms with Gasteiger partial charge >= 0.3 is 0 Å². The van der Waals surface area contributed by atoms with Crippen molar-refractivity contribution >= 4 is 9.84 Å². The van der Waals surface area contributed by atoms with Gasteiger partial charge in [-0.1, -0.05) is 24.3 Å². The molecule has 5 nitrogen and oxygen atoms in total. The van der Waals surface area contributed by atoms with E-state index in [9.17, 15) is 8.42 Å². The van der Waals surface area contributed by atoms with E-state index in [1.165, 1.54) is 6.26 Å². The average Bonchev–Trinajstić information content (AvgIpc) is 2.63. The Hall–Kier alpha value is -2.57. The number of sulfone groups is 1. The number of hydrogen-bond acceptors (Lipinski definition) is 5. The Balaban J connectivity index is 1.78. The molecule has 0 saturated carbocycles. The van der Waals surface area contributed by atoms with E-state index in [1.54, 1.807) is 24.5 Å². The van der Waals surface area contributed by atoms with Crippen molar-refractivity contribution in [3.8, 4) is 0 Å². The molecule has 6 heteroatoms. The summed E-state index contributed by atoms with van der Waals surface area (Å²) in [7, 11) is -3.18. The molecule has 0 spiro atoms. The zero-order valence-electron chi connectivity index (χ0n) is 14.6. The molecule has 1 aromatic carbocycles. The highest BCUT2D eigenvalue weighted by molar-refractivity contribution is 7.90. The van der Waals surface area contributed by atoms with Gasteiger partial charge in [0, 0.05) is 50.7 Å². The Morgan fingerprint density at radius 2 is 1.27 bits per heavy atom. The molecule has 2 heterocycles. The molecule has 0 bridgehead atoms. The predicted molar refractivity (Wildman–Crippen MR) is 101 cm³/mol. The van der Waals surface area contributed by atoms with Crippen LogP contribution in [0.15, 0.2) is 78.2 Å². The Morgan fingerprint density at radius 1 is 0.769 bits per heavy atom. The van der Waals surface area contributed by atoms with Gasteiger partial charge < -0.3 is 0 Å². The van der Waals surface area contributed by atoms with Crippen molar-refractivity contribution in [3.63, 3.8) is 0 Å². The van der Waals surface area contributed by atoms with Gasteiger partial charge in [-0.25, -0.2) is 8.42 Å². The summed E-state index contributed by atoms with van der Waals surface area (Å²) in [6.07, 6.45) is 8.48. The molecule has 134 valence electrons. The molecular weight excluding hydrogens is 346 g/mol. The molecule has 3 aromatic rings. The minimum Gasteiger partial charge on any atom is -0.290 e. The van der Waals surface area contributed by atoms with E-state index in [0.717, 1.165) is 29.8 Å². The maximum atomic E-state index is 11.6. The second kappa shape index (κ2) is 8.21. The quantitative estimate of drug-likeness (QED) is 0.642. The summed E-state index contributed by atoms with van der Waals surface area (Å²) in [4.78, 5) is 11.0. The minimum atomic E-state index is -3.18. The van der Waals surface area contributed by atoms with Gasteiger partial charge in [0.05, 0.1) is 4.90 Å². The first-order valence-corrected chi connectivity index (χ1v) is 10.2. The molecule has 0 fully saturated rings. The second-order valence-corrected chi connectivity index (χ2v) is 8.30. The second-order valence-electron chi connectivity index (χ2n) is 6.28. The van der Waals surface area contributed by atoms with E-state index in [0.29, 0.717) is 11.4 Å². The molecule has 0 unspecified atom stereocenters. The smallest absolute Gasteiger partial charge is 0.175 e. The van der Waals surface area contributed by atoms with Crippen molar-refractivity contribution in [2.45, 2.75) is 24.5 Å². The van der Waals surface area contributed by atoms with Crippen LogP contribution in [0.25, 0.3) is 0 Å². The Bertz CT molecular complexity index is 886.